The van der Waals surface area contributed by atoms with Crippen molar-refractivity contribution >= 4 is 11.9 Å². The van der Waals surface area contributed by atoms with Gasteiger partial charge in [-0.1, -0.05) is 27.7 Å². The molecular formula is C19H32N4O4. The Kier molecular flexibility index (Phi) is 6.19. The van der Waals surface area contributed by atoms with Crippen LogP contribution in [0.5, 0.6) is 0 Å². The Hall–Kier alpha value is -1.69. The van der Waals surface area contributed by atoms with E-state index in [1.807, 2.05) is 13.8 Å². The summed E-state index contributed by atoms with van der Waals surface area (Å²) in [5, 5.41) is 21.2. The maximum atomic E-state index is 12.3. The molecule has 3 aliphatic rings. The number of fused-ring (bicyclic) bond motifs is 1. The zero-order valence-corrected chi connectivity index (χ0v) is 16.9. The number of carbonyl (C=O) groups is 2. The molecule has 27 heavy (non-hydrogen) atoms. The molecule has 2 heterocycles. The van der Waals surface area contributed by atoms with Crippen LogP contribution in [0.2, 0.25) is 0 Å². The van der Waals surface area contributed by atoms with Crippen molar-refractivity contribution in [1.82, 2.24) is 10.2 Å². The lowest BCUT2D eigenvalue weighted by atomic mass is 9.85. The number of amides is 1. The van der Waals surface area contributed by atoms with Crippen LogP contribution in [0.4, 0.5) is 0 Å². The van der Waals surface area contributed by atoms with Crippen LogP contribution < -0.4 is 11.1 Å². The molecule has 0 radical (unpaired) electrons. The average Bonchev–Trinajstić information content (AvgIpc) is 3.20. The van der Waals surface area contributed by atoms with E-state index < -0.39 is 11.5 Å². The van der Waals surface area contributed by atoms with E-state index in [1.165, 1.54) is 0 Å². The third-order valence-corrected chi connectivity index (χ3v) is 5.92. The Morgan fingerprint density at radius 3 is 2.56 bits per heavy atom. The van der Waals surface area contributed by atoms with Gasteiger partial charge < -0.3 is 25.8 Å². The van der Waals surface area contributed by atoms with Gasteiger partial charge in [0, 0.05) is 16.9 Å². The third-order valence-electron chi connectivity index (χ3n) is 5.92. The molecule has 0 bridgehead atoms. The number of rotatable bonds is 4. The van der Waals surface area contributed by atoms with Gasteiger partial charge in [0.2, 0.25) is 5.91 Å². The largest absolute Gasteiger partial charge is 0.464 e. The quantitative estimate of drug-likeness (QED) is 0.586. The summed E-state index contributed by atoms with van der Waals surface area (Å²) in [6.07, 6.45) is 1.77. The number of nitriles is 1. The Morgan fingerprint density at radius 2 is 2.15 bits per heavy atom. The van der Waals surface area contributed by atoms with Crippen LogP contribution in [0.1, 0.15) is 40.5 Å². The van der Waals surface area contributed by atoms with Gasteiger partial charge in [0.1, 0.15) is 12.1 Å². The monoisotopic (exact) mass is 380 g/mol. The smallest absolute Gasteiger partial charge is 0.323 e. The highest BCUT2D eigenvalue weighted by molar-refractivity contribution is 5.84. The summed E-state index contributed by atoms with van der Waals surface area (Å²) in [7, 11) is 1.78. The second kappa shape index (κ2) is 7.74. The normalized spacial score (nSPS) is 31.9. The van der Waals surface area contributed by atoms with Crippen molar-refractivity contribution in [3.05, 3.63) is 0 Å². The second-order valence-corrected chi connectivity index (χ2v) is 9.13. The van der Waals surface area contributed by atoms with Gasteiger partial charge >= 0.3 is 5.97 Å². The van der Waals surface area contributed by atoms with Gasteiger partial charge in [0.25, 0.3) is 0 Å². The van der Waals surface area contributed by atoms with E-state index in [0.29, 0.717) is 12.5 Å². The van der Waals surface area contributed by atoms with Gasteiger partial charge in [0.15, 0.2) is 0 Å². The molecule has 0 aromatic carbocycles. The maximum absolute atomic E-state index is 12.3. The molecule has 0 aromatic heterocycles. The van der Waals surface area contributed by atoms with Crippen LogP contribution in [0.25, 0.3) is 0 Å². The SMILES string of the molecule is CC(C)(CO)[C@H](N)C(=O)N1C(C#N)CC2CC21.CNC1C(=O)OCC1(C)C. The number of hydrogen-bond donors (Lipinski definition) is 3. The second-order valence-electron chi connectivity index (χ2n) is 9.13. The van der Waals surface area contributed by atoms with Crippen LogP contribution in [0, 0.1) is 28.1 Å². The van der Waals surface area contributed by atoms with Crippen molar-refractivity contribution in [3.8, 4) is 6.07 Å². The minimum atomic E-state index is -0.748. The first-order chi connectivity index (χ1) is 12.5. The number of aliphatic hydroxyl groups excluding tert-OH is 1. The summed E-state index contributed by atoms with van der Waals surface area (Å²) in [4.78, 5) is 24.9. The molecule has 3 rings (SSSR count). The number of aliphatic hydroxyl groups is 1. The number of hydrogen-bond acceptors (Lipinski definition) is 7. The topological polar surface area (TPSA) is 129 Å². The van der Waals surface area contributed by atoms with E-state index in [0.717, 1.165) is 12.8 Å². The van der Waals surface area contributed by atoms with Gasteiger partial charge in [-0.25, -0.2) is 0 Å². The fourth-order valence-electron chi connectivity index (χ4n) is 3.73. The van der Waals surface area contributed by atoms with Crippen molar-refractivity contribution in [2.45, 2.75) is 64.7 Å². The summed E-state index contributed by atoms with van der Waals surface area (Å²) in [5.41, 5.74) is 5.22. The van der Waals surface area contributed by atoms with E-state index >= 15 is 0 Å². The number of nitrogens with one attached hydrogen (secondary N) is 1. The molecule has 2 saturated heterocycles. The lowest BCUT2D eigenvalue weighted by molar-refractivity contribution is -0.139. The number of esters is 1. The molecule has 4 unspecified atom stereocenters. The van der Waals surface area contributed by atoms with Crippen molar-refractivity contribution in [1.29, 1.82) is 5.26 Å². The van der Waals surface area contributed by atoms with E-state index in [1.54, 1.807) is 25.8 Å². The average molecular weight is 380 g/mol. The Balaban J connectivity index is 0.000000223. The van der Waals surface area contributed by atoms with Gasteiger partial charge in [-0.2, -0.15) is 5.26 Å². The van der Waals surface area contributed by atoms with Crippen LogP contribution >= 0.6 is 0 Å². The zero-order valence-electron chi connectivity index (χ0n) is 16.9. The molecule has 0 aromatic rings. The van der Waals surface area contributed by atoms with Crippen molar-refractivity contribution < 1.29 is 19.4 Å². The van der Waals surface area contributed by atoms with E-state index in [4.69, 9.17) is 15.7 Å². The molecule has 5 atom stereocenters. The van der Waals surface area contributed by atoms with Crippen molar-refractivity contribution in [2.75, 3.05) is 20.3 Å². The summed E-state index contributed by atoms with van der Waals surface area (Å²) < 4.78 is 4.87. The summed E-state index contributed by atoms with van der Waals surface area (Å²) in [6.45, 7) is 7.93. The minimum Gasteiger partial charge on any atom is -0.464 e. The van der Waals surface area contributed by atoms with E-state index in [-0.39, 0.29) is 42.0 Å². The summed E-state index contributed by atoms with van der Waals surface area (Å²) in [6, 6.07) is 1.18. The molecule has 8 nitrogen and oxygen atoms in total. The first kappa shape index (κ1) is 21.6. The molecular weight excluding hydrogens is 348 g/mol. The highest BCUT2D eigenvalue weighted by atomic mass is 16.5. The Morgan fingerprint density at radius 1 is 1.52 bits per heavy atom. The number of nitrogens with two attached hydrogens (primary N) is 1. The number of piperidine rings is 1. The van der Waals surface area contributed by atoms with Crippen molar-refractivity contribution in [2.24, 2.45) is 22.5 Å². The lowest BCUT2D eigenvalue weighted by Crippen LogP contribution is -2.54. The summed E-state index contributed by atoms with van der Waals surface area (Å²) in [5.74, 6) is 0.168. The highest BCUT2D eigenvalue weighted by Gasteiger charge is 2.55. The van der Waals surface area contributed by atoms with Crippen LogP contribution in [0.3, 0.4) is 0 Å². The van der Waals surface area contributed by atoms with Crippen molar-refractivity contribution in [3.63, 3.8) is 0 Å². The minimum absolute atomic E-state index is 0.0498. The van der Waals surface area contributed by atoms with Gasteiger partial charge in [-0.05, 0) is 25.8 Å². The standard InChI is InChI=1S/C12H19N3O2.C7H13NO2/c1-12(2,6-16)10(14)11(17)15-8(5-13)3-7-4-9(7)15;1-7(2)4-10-6(9)5(7)8-3/h7-10,16H,3-4,6,14H2,1-2H3;5,8H,4H2,1-3H3/t7?,8?,9?,10-;/m1./s1. The van der Waals surface area contributed by atoms with E-state index in [9.17, 15) is 14.7 Å². The molecule has 4 N–H and O–H groups in total. The predicted molar refractivity (Wildman–Crippen MR) is 99.2 cm³/mol. The van der Waals surface area contributed by atoms with Crippen LogP contribution in [0.15, 0.2) is 0 Å². The first-order valence-electron chi connectivity index (χ1n) is 9.42. The molecule has 1 saturated carbocycles. The molecule has 8 heteroatoms. The number of carbonyl (C=O) groups excluding carboxylic acids is 2. The van der Waals surface area contributed by atoms with Gasteiger partial charge in [-0.15, -0.1) is 0 Å². The Labute approximate surface area is 161 Å². The third kappa shape index (κ3) is 4.26. The maximum Gasteiger partial charge on any atom is 0.323 e. The van der Waals surface area contributed by atoms with Crippen LogP contribution in [-0.4, -0.2) is 66.3 Å². The predicted octanol–water partition coefficient (Wildman–Crippen LogP) is 0.00258. The van der Waals surface area contributed by atoms with Gasteiger partial charge in [-0.3, -0.25) is 9.59 Å². The van der Waals surface area contributed by atoms with Crippen LogP contribution in [-0.2, 0) is 14.3 Å². The molecule has 1 aliphatic carbocycles. The molecule has 152 valence electrons. The number of likely N-dealkylation sites (N-methyl/N-ethyl adjacent to an activating group) is 1. The number of ether oxygens (including phenoxy) is 1. The zero-order chi connectivity index (χ0) is 20.6. The molecule has 2 aliphatic heterocycles. The van der Waals surface area contributed by atoms with Gasteiger partial charge in [0.05, 0.1) is 25.3 Å². The molecule has 0 spiro atoms. The summed E-state index contributed by atoms with van der Waals surface area (Å²) >= 11 is 0. The highest BCUT2D eigenvalue weighted by Crippen LogP contribution is 2.48. The van der Waals surface area contributed by atoms with E-state index in [2.05, 4.69) is 11.4 Å². The number of likely N-dealkylation sites (tertiary alicyclic amines) is 1. The fraction of sp³-hybridized carbons (Fsp3) is 0.842. The first-order valence-corrected chi connectivity index (χ1v) is 9.42. The fourth-order valence-corrected chi connectivity index (χ4v) is 3.73. The number of nitrogens with zero attached hydrogens (tertiary/aromatic N) is 2. The lowest BCUT2D eigenvalue weighted by Gasteiger charge is -2.33. The molecule has 3 fully saturated rings. The molecule has 1 amide bonds. The Bertz CT molecular complexity index is 628. The number of cyclic esters (lactones) is 1.